The van der Waals surface area contributed by atoms with Crippen molar-refractivity contribution in [2.45, 2.75) is 38.8 Å². The molecule has 0 aromatic carbocycles. The molecule has 24 heavy (non-hydrogen) atoms. The Kier molecular flexibility index (Phi) is 7.63. The summed E-state index contributed by atoms with van der Waals surface area (Å²) < 4.78 is 0. The Labute approximate surface area is 141 Å². The van der Waals surface area contributed by atoms with Crippen LogP contribution in [0.1, 0.15) is 26.7 Å². The number of likely N-dealkylation sites (N-methyl/N-ethyl adjacent to an activating group) is 1. The Balaban J connectivity index is 2.63. The molecular weight excluding hydrogens is 316 g/mol. The smallest absolute Gasteiger partial charge is 0.326 e. The second kappa shape index (κ2) is 9.21. The number of amides is 3. The molecule has 0 aromatic heterocycles. The largest absolute Gasteiger partial charge is 0.480 e. The van der Waals surface area contributed by atoms with Gasteiger partial charge in [-0.15, -0.1) is 0 Å². The van der Waals surface area contributed by atoms with Gasteiger partial charge in [0.25, 0.3) is 0 Å². The molecule has 136 valence electrons. The molecule has 0 bridgehead atoms. The van der Waals surface area contributed by atoms with Crippen LogP contribution in [0.5, 0.6) is 0 Å². The predicted octanol–water partition coefficient (Wildman–Crippen LogP) is -1.46. The zero-order valence-electron chi connectivity index (χ0n) is 14.3. The Hall–Kier alpha value is -2.16. The highest BCUT2D eigenvalue weighted by Gasteiger charge is 2.36. The standard InChI is InChI=1S/C15H26N4O5/c1-9(2)13(15(23)24)18-14(22)10-5-4-6-19(10)12(21)8-17-11(20)7-16-3/h9-10,13,16H,4-8H2,1-3H3,(H,17,20)(H,18,22)(H,23,24)/t10-,13-/m0/s1. The summed E-state index contributed by atoms with van der Waals surface area (Å²) >= 11 is 0. The van der Waals surface area contributed by atoms with E-state index in [-0.39, 0.29) is 30.8 Å². The van der Waals surface area contributed by atoms with Crippen LogP contribution in [0, 0.1) is 5.92 Å². The molecule has 9 heteroatoms. The van der Waals surface area contributed by atoms with Crippen LogP contribution in [0.3, 0.4) is 0 Å². The molecule has 0 saturated carbocycles. The highest BCUT2D eigenvalue weighted by molar-refractivity contribution is 5.92. The maximum absolute atomic E-state index is 12.4. The van der Waals surface area contributed by atoms with Crippen LogP contribution in [0.4, 0.5) is 0 Å². The molecular formula is C15H26N4O5. The van der Waals surface area contributed by atoms with Gasteiger partial charge >= 0.3 is 5.97 Å². The molecule has 3 amide bonds. The molecule has 1 aliphatic rings. The highest BCUT2D eigenvalue weighted by Crippen LogP contribution is 2.18. The average molecular weight is 342 g/mol. The zero-order chi connectivity index (χ0) is 18.3. The van der Waals surface area contributed by atoms with E-state index in [2.05, 4.69) is 16.0 Å². The number of aliphatic carboxylic acids is 1. The molecule has 1 saturated heterocycles. The monoisotopic (exact) mass is 342 g/mol. The fraction of sp³-hybridized carbons (Fsp3) is 0.733. The van der Waals surface area contributed by atoms with E-state index < -0.39 is 24.0 Å². The number of nitrogens with zero attached hydrogens (tertiary/aromatic N) is 1. The minimum atomic E-state index is -1.10. The van der Waals surface area contributed by atoms with E-state index in [1.807, 2.05) is 0 Å². The van der Waals surface area contributed by atoms with Gasteiger partial charge in [-0.25, -0.2) is 4.79 Å². The normalized spacial score (nSPS) is 18.3. The third-order valence-electron chi connectivity index (χ3n) is 3.88. The molecule has 0 spiro atoms. The van der Waals surface area contributed by atoms with Crippen LogP contribution < -0.4 is 16.0 Å². The third kappa shape index (κ3) is 5.48. The van der Waals surface area contributed by atoms with Crippen molar-refractivity contribution in [2.75, 3.05) is 26.7 Å². The fourth-order valence-corrected chi connectivity index (χ4v) is 2.60. The molecule has 4 N–H and O–H groups in total. The van der Waals surface area contributed by atoms with E-state index >= 15 is 0 Å². The van der Waals surface area contributed by atoms with Crippen molar-refractivity contribution in [2.24, 2.45) is 5.92 Å². The maximum atomic E-state index is 12.4. The van der Waals surface area contributed by atoms with Crippen LogP contribution in [0.15, 0.2) is 0 Å². The minimum absolute atomic E-state index is 0.103. The van der Waals surface area contributed by atoms with Crippen LogP contribution in [0.25, 0.3) is 0 Å². The van der Waals surface area contributed by atoms with E-state index in [9.17, 15) is 19.2 Å². The van der Waals surface area contributed by atoms with Gasteiger partial charge in [-0.2, -0.15) is 0 Å². The highest BCUT2D eigenvalue weighted by atomic mass is 16.4. The number of carboxylic acids is 1. The van der Waals surface area contributed by atoms with Crippen LogP contribution in [-0.2, 0) is 19.2 Å². The first-order chi connectivity index (χ1) is 11.3. The average Bonchev–Trinajstić information content (AvgIpc) is 2.99. The number of carbonyl (C=O) groups is 4. The van der Waals surface area contributed by atoms with Gasteiger partial charge in [-0.3, -0.25) is 14.4 Å². The van der Waals surface area contributed by atoms with E-state index in [1.54, 1.807) is 20.9 Å². The Morgan fingerprint density at radius 3 is 2.42 bits per heavy atom. The summed E-state index contributed by atoms with van der Waals surface area (Å²) in [7, 11) is 1.62. The van der Waals surface area contributed by atoms with Gasteiger partial charge in [0.1, 0.15) is 12.1 Å². The molecule has 1 fully saturated rings. The Bertz CT molecular complexity index is 494. The van der Waals surface area contributed by atoms with E-state index in [1.165, 1.54) is 4.90 Å². The van der Waals surface area contributed by atoms with Crippen molar-refractivity contribution >= 4 is 23.7 Å². The van der Waals surface area contributed by atoms with E-state index in [0.717, 1.165) is 0 Å². The van der Waals surface area contributed by atoms with Crippen LogP contribution in [0.2, 0.25) is 0 Å². The third-order valence-corrected chi connectivity index (χ3v) is 3.88. The van der Waals surface area contributed by atoms with Crippen LogP contribution >= 0.6 is 0 Å². The number of carboxylic acid groups (broad SMARTS) is 1. The van der Waals surface area contributed by atoms with Gasteiger partial charge in [0.05, 0.1) is 13.1 Å². The first kappa shape index (κ1) is 19.9. The van der Waals surface area contributed by atoms with Gasteiger partial charge in [-0.1, -0.05) is 13.8 Å². The molecule has 1 rings (SSSR count). The molecule has 2 atom stereocenters. The molecule has 0 aromatic rings. The molecule has 1 aliphatic heterocycles. The topological polar surface area (TPSA) is 128 Å². The van der Waals surface area contributed by atoms with Gasteiger partial charge in [0.15, 0.2) is 0 Å². The summed E-state index contributed by atoms with van der Waals surface area (Å²) in [5.41, 5.74) is 0. The zero-order valence-corrected chi connectivity index (χ0v) is 14.3. The Morgan fingerprint density at radius 1 is 1.21 bits per heavy atom. The number of carbonyl (C=O) groups excluding carboxylic acids is 3. The Morgan fingerprint density at radius 2 is 1.88 bits per heavy atom. The number of hydrogen-bond acceptors (Lipinski definition) is 5. The van der Waals surface area contributed by atoms with Crippen LogP contribution in [-0.4, -0.2) is 72.5 Å². The summed E-state index contributed by atoms with van der Waals surface area (Å²) in [6.45, 7) is 3.74. The summed E-state index contributed by atoms with van der Waals surface area (Å²) in [6, 6.07) is -1.69. The predicted molar refractivity (Wildman–Crippen MR) is 86.1 cm³/mol. The summed E-state index contributed by atoms with van der Waals surface area (Å²) in [6.07, 6.45) is 1.14. The second-order valence-corrected chi connectivity index (χ2v) is 6.12. The summed E-state index contributed by atoms with van der Waals surface area (Å²) in [5.74, 6) is -2.50. The summed E-state index contributed by atoms with van der Waals surface area (Å²) in [4.78, 5) is 48.5. The van der Waals surface area contributed by atoms with Crippen molar-refractivity contribution in [3.63, 3.8) is 0 Å². The minimum Gasteiger partial charge on any atom is -0.480 e. The van der Waals surface area contributed by atoms with Crippen molar-refractivity contribution in [1.29, 1.82) is 0 Å². The lowest BCUT2D eigenvalue weighted by molar-refractivity contribution is -0.145. The quantitative estimate of drug-likeness (QED) is 0.427. The molecule has 0 radical (unpaired) electrons. The lowest BCUT2D eigenvalue weighted by Crippen LogP contribution is -2.53. The van der Waals surface area contributed by atoms with Gasteiger partial charge in [0, 0.05) is 6.54 Å². The number of rotatable bonds is 8. The first-order valence-corrected chi connectivity index (χ1v) is 8.01. The SMILES string of the molecule is CNCC(=O)NCC(=O)N1CCC[C@H]1C(=O)N[C@H](C(=O)O)C(C)C. The summed E-state index contributed by atoms with van der Waals surface area (Å²) in [5, 5.41) is 16.8. The van der Waals surface area contributed by atoms with Crippen molar-refractivity contribution < 1.29 is 24.3 Å². The lowest BCUT2D eigenvalue weighted by atomic mass is 10.0. The number of nitrogens with one attached hydrogen (secondary N) is 3. The van der Waals surface area contributed by atoms with Gasteiger partial charge in [-0.05, 0) is 25.8 Å². The lowest BCUT2D eigenvalue weighted by Gasteiger charge is -2.26. The molecule has 9 nitrogen and oxygen atoms in total. The number of hydrogen-bond donors (Lipinski definition) is 4. The number of likely N-dealkylation sites (tertiary alicyclic amines) is 1. The van der Waals surface area contributed by atoms with Crippen molar-refractivity contribution in [1.82, 2.24) is 20.9 Å². The van der Waals surface area contributed by atoms with E-state index in [4.69, 9.17) is 5.11 Å². The van der Waals surface area contributed by atoms with Gasteiger partial charge in [0.2, 0.25) is 17.7 Å². The second-order valence-electron chi connectivity index (χ2n) is 6.12. The molecule has 0 unspecified atom stereocenters. The first-order valence-electron chi connectivity index (χ1n) is 8.01. The molecule has 0 aliphatic carbocycles. The fourth-order valence-electron chi connectivity index (χ4n) is 2.60. The van der Waals surface area contributed by atoms with Crippen molar-refractivity contribution in [3.05, 3.63) is 0 Å². The van der Waals surface area contributed by atoms with Crippen molar-refractivity contribution in [3.8, 4) is 0 Å². The molecule has 1 heterocycles. The maximum Gasteiger partial charge on any atom is 0.326 e. The van der Waals surface area contributed by atoms with Gasteiger partial charge < -0.3 is 26.0 Å². The van der Waals surface area contributed by atoms with E-state index in [0.29, 0.717) is 19.4 Å².